The summed E-state index contributed by atoms with van der Waals surface area (Å²) < 4.78 is 2.20. The molecule has 0 aliphatic carbocycles. The number of nitrogens with zero attached hydrogens (tertiary/aromatic N) is 2. The largest absolute Gasteiger partial charge is 0.318 e. The average molecular weight is 359 g/mol. The van der Waals surface area contributed by atoms with Crippen molar-refractivity contribution in [2.75, 3.05) is 0 Å². The van der Waals surface area contributed by atoms with Crippen molar-refractivity contribution in [3.8, 4) is 5.69 Å². The van der Waals surface area contributed by atoms with E-state index in [0.29, 0.717) is 0 Å². The summed E-state index contributed by atoms with van der Waals surface area (Å²) in [4.78, 5) is 4.77. The molecule has 128 valence electrons. The summed E-state index contributed by atoms with van der Waals surface area (Å²) in [6.45, 7) is 4.21. The van der Waals surface area contributed by atoms with Crippen LogP contribution in [0.1, 0.15) is 17.0 Å². The average Bonchev–Trinajstić information content (AvgIpc) is 2.93. The van der Waals surface area contributed by atoms with Crippen LogP contribution in [0, 0.1) is 13.8 Å². The van der Waals surface area contributed by atoms with Crippen molar-refractivity contribution < 1.29 is 0 Å². The Labute approximate surface area is 158 Å². The Morgan fingerprint density at radius 1 is 0.885 bits per heavy atom. The molecule has 0 aliphatic rings. The molecule has 3 aromatic carbocycles. The van der Waals surface area contributed by atoms with Gasteiger partial charge in [0.1, 0.15) is 0 Å². The van der Waals surface area contributed by atoms with E-state index < -0.39 is 0 Å². The Balaban J connectivity index is 1.75. The number of aromatic nitrogens is 1. The minimum absolute atomic E-state index is 0.737. The zero-order valence-electron chi connectivity index (χ0n) is 14.8. The molecule has 1 aromatic heterocycles. The molecule has 1 heterocycles. The lowest BCUT2D eigenvalue weighted by Gasteiger charge is -2.09. The van der Waals surface area contributed by atoms with E-state index in [0.717, 1.165) is 38.7 Å². The lowest BCUT2D eigenvalue weighted by molar-refractivity contribution is 0.965. The molecule has 26 heavy (non-hydrogen) atoms. The summed E-state index contributed by atoms with van der Waals surface area (Å²) in [5.74, 6) is 0. The van der Waals surface area contributed by atoms with Crippen LogP contribution in [0.2, 0.25) is 5.02 Å². The van der Waals surface area contributed by atoms with E-state index in [4.69, 9.17) is 16.6 Å². The maximum absolute atomic E-state index is 6.16. The Morgan fingerprint density at radius 3 is 2.50 bits per heavy atom. The fourth-order valence-corrected chi connectivity index (χ4v) is 3.58. The van der Waals surface area contributed by atoms with Crippen molar-refractivity contribution in [3.63, 3.8) is 0 Å². The van der Waals surface area contributed by atoms with Gasteiger partial charge >= 0.3 is 0 Å². The summed E-state index contributed by atoms with van der Waals surface area (Å²) in [7, 11) is 0. The number of aliphatic imine (C=N–C) groups is 1. The second kappa shape index (κ2) is 6.81. The predicted molar refractivity (Wildman–Crippen MR) is 111 cm³/mol. The first-order valence-corrected chi connectivity index (χ1v) is 8.98. The number of hydrogen-bond donors (Lipinski definition) is 0. The van der Waals surface area contributed by atoms with Crippen LogP contribution in [0.5, 0.6) is 0 Å². The minimum atomic E-state index is 0.737. The third-order valence-electron chi connectivity index (χ3n) is 4.65. The molecule has 0 unspecified atom stereocenters. The quantitative estimate of drug-likeness (QED) is 0.365. The van der Waals surface area contributed by atoms with Gasteiger partial charge in [0, 0.05) is 39.3 Å². The van der Waals surface area contributed by atoms with Crippen molar-refractivity contribution >= 4 is 34.3 Å². The number of aryl methyl sites for hydroxylation is 1. The van der Waals surface area contributed by atoms with E-state index in [-0.39, 0.29) is 0 Å². The summed E-state index contributed by atoms with van der Waals surface area (Å²) in [5.41, 5.74) is 5.46. The Kier molecular flexibility index (Phi) is 4.36. The van der Waals surface area contributed by atoms with Crippen LogP contribution in [-0.2, 0) is 0 Å². The zero-order chi connectivity index (χ0) is 18.1. The molecule has 0 fully saturated rings. The topological polar surface area (TPSA) is 17.3 Å². The normalized spacial score (nSPS) is 11.5. The number of halogens is 1. The Bertz CT molecular complexity index is 1120. The standard InChI is InChI=1S/C23H19ClN2/c1-16-13-19(17(2)26(16)21-10-6-9-20(24)14-21)15-25-23-12-5-8-18-7-3-4-11-22(18)23/h3-15H,1-2H3. The van der Waals surface area contributed by atoms with Gasteiger partial charge in [0.15, 0.2) is 0 Å². The second-order valence-corrected chi connectivity index (χ2v) is 6.83. The van der Waals surface area contributed by atoms with E-state index in [2.05, 4.69) is 60.9 Å². The molecule has 0 radical (unpaired) electrons. The minimum Gasteiger partial charge on any atom is -0.318 e. The molecule has 0 amide bonds. The number of rotatable bonds is 3. The molecule has 0 saturated carbocycles. The highest BCUT2D eigenvalue weighted by Crippen LogP contribution is 2.27. The molecule has 0 aliphatic heterocycles. The summed E-state index contributed by atoms with van der Waals surface area (Å²) >= 11 is 6.16. The first-order valence-electron chi connectivity index (χ1n) is 8.60. The third kappa shape index (κ3) is 3.04. The van der Waals surface area contributed by atoms with Crippen LogP contribution >= 0.6 is 11.6 Å². The van der Waals surface area contributed by atoms with Crippen molar-refractivity contribution in [1.29, 1.82) is 0 Å². The molecule has 2 nitrogen and oxygen atoms in total. The van der Waals surface area contributed by atoms with Crippen LogP contribution < -0.4 is 0 Å². The molecular formula is C23H19ClN2. The van der Waals surface area contributed by atoms with Crippen molar-refractivity contribution in [1.82, 2.24) is 4.57 Å². The molecule has 0 spiro atoms. The van der Waals surface area contributed by atoms with Gasteiger partial charge in [0.2, 0.25) is 0 Å². The van der Waals surface area contributed by atoms with Crippen LogP contribution in [0.25, 0.3) is 16.5 Å². The molecule has 4 rings (SSSR count). The van der Waals surface area contributed by atoms with Gasteiger partial charge in [-0.05, 0) is 49.6 Å². The predicted octanol–water partition coefficient (Wildman–Crippen LogP) is 6.65. The van der Waals surface area contributed by atoms with Crippen molar-refractivity contribution in [2.24, 2.45) is 4.99 Å². The summed E-state index contributed by atoms with van der Waals surface area (Å²) in [5, 5.41) is 3.10. The van der Waals surface area contributed by atoms with Gasteiger partial charge in [-0.25, -0.2) is 0 Å². The molecule has 0 saturated heterocycles. The number of benzene rings is 3. The van der Waals surface area contributed by atoms with E-state index in [1.807, 2.05) is 36.5 Å². The number of hydrogen-bond acceptors (Lipinski definition) is 1. The van der Waals surface area contributed by atoms with Crippen LogP contribution in [0.3, 0.4) is 0 Å². The lowest BCUT2D eigenvalue weighted by atomic mass is 10.1. The van der Waals surface area contributed by atoms with Gasteiger partial charge < -0.3 is 4.57 Å². The van der Waals surface area contributed by atoms with E-state index in [1.54, 1.807) is 0 Å². The SMILES string of the molecule is Cc1cc(C=Nc2cccc3ccccc23)c(C)n1-c1cccc(Cl)c1. The van der Waals surface area contributed by atoms with Crippen molar-refractivity contribution in [2.45, 2.75) is 13.8 Å². The fourth-order valence-electron chi connectivity index (χ4n) is 3.39. The maximum Gasteiger partial charge on any atom is 0.0708 e. The maximum atomic E-state index is 6.16. The summed E-state index contributed by atoms with van der Waals surface area (Å²) in [6, 6.07) is 24.6. The zero-order valence-corrected chi connectivity index (χ0v) is 15.5. The van der Waals surface area contributed by atoms with Crippen LogP contribution in [0.15, 0.2) is 77.8 Å². The smallest absolute Gasteiger partial charge is 0.0708 e. The molecule has 4 aromatic rings. The van der Waals surface area contributed by atoms with Crippen LogP contribution in [0.4, 0.5) is 5.69 Å². The summed E-state index contributed by atoms with van der Waals surface area (Å²) in [6.07, 6.45) is 1.95. The monoisotopic (exact) mass is 358 g/mol. The van der Waals surface area contributed by atoms with E-state index >= 15 is 0 Å². The highest BCUT2D eigenvalue weighted by atomic mass is 35.5. The molecule has 0 bridgehead atoms. The van der Waals surface area contributed by atoms with Gasteiger partial charge in [0.05, 0.1) is 5.69 Å². The van der Waals surface area contributed by atoms with Gasteiger partial charge in [0.25, 0.3) is 0 Å². The number of fused-ring (bicyclic) bond motifs is 1. The van der Waals surface area contributed by atoms with Gasteiger partial charge in [-0.2, -0.15) is 0 Å². The van der Waals surface area contributed by atoms with Gasteiger partial charge in [-0.15, -0.1) is 0 Å². The van der Waals surface area contributed by atoms with Crippen molar-refractivity contribution in [3.05, 3.63) is 94.8 Å². The van der Waals surface area contributed by atoms with E-state index in [9.17, 15) is 0 Å². The van der Waals surface area contributed by atoms with Gasteiger partial charge in [-0.3, -0.25) is 4.99 Å². The molecular weight excluding hydrogens is 340 g/mol. The first-order chi connectivity index (χ1) is 12.6. The fraction of sp³-hybridized carbons (Fsp3) is 0.0870. The molecule has 3 heteroatoms. The Morgan fingerprint density at radius 2 is 1.65 bits per heavy atom. The molecule has 0 N–H and O–H groups in total. The lowest BCUT2D eigenvalue weighted by Crippen LogP contribution is -1.99. The Hall–Kier alpha value is -2.84. The molecule has 0 atom stereocenters. The van der Waals surface area contributed by atoms with E-state index in [1.165, 1.54) is 5.39 Å². The first kappa shape index (κ1) is 16.6. The highest BCUT2D eigenvalue weighted by Gasteiger charge is 2.10. The third-order valence-corrected chi connectivity index (χ3v) is 4.88. The highest BCUT2D eigenvalue weighted by molar-refractivity contribution is 6.30. The van der Waals surface area contributed by atoms with Crippen LogP contribution in [-0.4, -0.2) is 10.8 Å². The second-order valence-electron chi connectivity index (χ2n) is 6.40. The van der Waals surface area contributed by atoms with Gasteiger partial charge in [-0.1, -0.05) is 54.1 Å².